The number of quaternary nitrogens is 1. The maximum absolute atomic E-state index is 13.1. The summed E-state index contributed by atoms with van der Waals surface area (Å²) in [6, 6.07) is 1.84. The Bertz CT molecular complexity index is 1080. The van der Waals surface area contributed by atoms with Crippen LogP contribution in [0.3, 0.4) is 0 Å². The van der Waals surface area contributed by atoms with Gasteiger partial charge >= 0.3 is 18.0 Å². The topological polar surface area (TPSA) is 136 Å². The Labute approximate surface area is 258 Å². The first-order valence-corrected chi connectivity index (χ1v) is 15.1. The summed E-state index contributed by atoms with van der Waals surface area (Å²) in [4.78, 5) is 55.2. The third kappa shape index (κ3) is 15.7. The molecule has 0 bridgehead atoms. The average Bonchev–Trinajstić information content (AvgIpc) is 2.82. The molecule has 11 nitrogen and oxygen atoms in total. The first kappa shape index (κ1) is 37.8. The molecule has 0 aromatic carbocycles. The highest BCUT2D eigenvalue weighted by atomic mass is 16.6. The van der Waals surface area contributed by atoms with Crippen LogP contribution in [-0.2, 0) is 19.1 Å². The molecular formula is C32H56N5O6+. The second-order valence-corrected chi connectivity index (χ2v) is 14.9. The number of aromatic nitrogens is 1. The number of hydrogen-bond acceptors (Lipinski definition) is 7. The maximum Gasteiger partial charge on any atom is 0.329 e. The molecule has 0 fully saturated rings. The van der Waals surface area contributed by atoms with E-state index in [1.165, 1.54) is 0 Å². The van der Waals surface area contributed by atoms with Crippen molar-refractivity contribution in [2.24, 2.45) is 5.41 Å². The lowest BCUT2D eigenvalue weighted by Gasteiger charge is -2.32. The van der Waals surface area contributed by atoms with Gasteiger partial charge in [-0.3, -0.25) is 14.1 Å². The van der Waals surface area contributed by atoms with Gasteiger partial charge in [-0.2, -0.15) is 0 Å². The van der Waals surface area contributed by atoms with Crippen LogP contribution in [0, 0.1) is 5.41 Å². The Morgan fingerprint density at radius 2 is 1.44 bits per heavy atom. The minimum atomic E-state index is -0.881. The Hall–Kier alpha value is -3.21. The molecule has 2 atom stereocenters. The summed E-state index contributed by atoms with van der Waals surface area (Å²) in [5, 5.41) is 8.60. The number of urea groups is 1. The number of pyridine rings is 1. The first-order valence-electron chi connectivity index (χ1n) is 15.1. The van der Waals surface area contributed by atoms with Gasteiger partial charge in [0.05, 0.1) is 26.7 Å². The summed E-state index contributed by atoms with van der Waals surface area (Å²) < 4.78 is 11.5. The predicted molar refractivity (Wildman–Crippen MR) is 170 cm³/mol. The molecule has 1 heterocycles. The lowest BCUT2D eigenvalue weighted by Crippen LogP contribution is -2.53. The molecule has 0 saturated heterocycles. The lowest BCUT2D eigenvalue weighted by atomic mass is 9.84. The zero-order chi connectivity index (χ0) is 33.2. The van der Waals surface area contributed by atoms with Crippen LogP contribution in [0.4, 0.5) is 10.6 Å². The summed E-state index contributed by atoms with van der Waals surface area (Å²) in [5.41, 5.74) is -1.18. The number of carbonyl (C=O) groups is 4. The molecule has 0 aliphatic heterocycles. The van der Waals surface area contributed by atoms with Crippen LogP contribution in [0.25, 0.3) is 0 Å². The van der Waals surface area contributed by atoms with Crippen LogP contribution >= 0.6 is 0 Å². The second-order valence-electron chi connectivity index (χ2n) is 14.9. The van der Waals surface area contributed by atoms with Crippen LogP contribution in [-0.4, -0.2) is 79.8 Å². The van der Waals surface area contributed by atoms with E-state index in [9.17, 15) is 19.2 Å². The van der Waals surface area contributed by atoms with Crippen LogP contribution in [0.15, 0.2) is 18.3 Å². The number of esters is 2. The van der Waals surface area contributed by atoms with E-state index >= 15 is 0 Å². The van der Waals surface area contributed by atoms with E-state index < -0.39 is 29.2 Å². The first-order chi connectivity index (χ1) is 19.5. The SMILES string of the molecule is CC(C)(C)OC(=O)CCC(NC(=O)N[C@@H](CCCCNC(=O)c1ccc([N+](C)(C)C)nc1)C(=O)OC(C)(C)C)C(C)(C)C. The van der Waals surface area contributed by atoms with E-state index in [1.807, 2.05) is 68.8 Å². The zero-order valence-corrected chi connectivity index (χ0v) is 28.5. The quantitative estimate of drug-likeness (QED) is 0.168. The molecule has 0 spiro atoms. The minimum Gasteiger partial charge on any atom is -0.460 e. The Balaban J connectivity index is 2.75. The fraction of sp³-hybridized carbons (Fsp3) is 0.719. The Morgan fingerprint density at radius 3 is 1.93 bits per heavy atom. The van der Waals surface area contributed by atoms with Crippen molar-refractivity contribution in [1.29, 1.82) is 0 Å². The van der Waals surface area contributed by atoms with E-state index in [-0.39, 0.29) is 29.8 Å². The van der Waals surface area contributed by atoms with Crippen molar-refractivity contribution in [3.05, 3.63) is 23.9 Å². The van der Waals surface area contributed by atoms with Gasteiger partial charge in [0.25, 0.3) is 5.91 Å². The molecular weight excluding hydrogens is 550 g/mol. The van der Waals surface area contributed by atoms with Crippen LogP contribution in [0.2, 0.25) is 0 Å². The zero-order valence-electron chi connectivity index (χ0n) is 28.5. The fourth-order valence-corrected chi connectivity index (χ4v) is 4.05. The number of carbonyl (C=O) groups excluding carboxylic acids is 4. The summed E-state index contributed by atoms with van der Waals surface area (Å²) in [6.45, 7) is 17.1. The highest BCUT2D eigenvalue weighted by Gasteiger charge is 2.31. The van der Waals surface area contributed by atoms with Gasteiger partial charge in [-0.05, 0) is 78.7 Å². The molecule has 3 amide bonds. The summed E-state index contributed by atoms with van der Waals surface area (Å²) in [6.07, 6.45) is 3.58. The predicted octanol–water partition coefficient (Wildman–Crippen LogP) is 4.72. The molecule has 3 N–H and O–H groups in total. The van der Waals surface area contributed by atoms with E-state index in [1.54, 1.807) is 33.0 Å². The monoisotopic (exact) mass is 606 g/mol. The number of ether oxygens (including phenoxy) is 2. The highest BCUT2D eigenvalue weighted by Crippen LogP contribution is 2.24. The minimum absolute atomic E-state index is 0.150. The van der Waals surface area contributed by atoms with Crippen LogP contribution in [0.5, 0.6) is 0 Å². The fourth-order valence-electron chi connectivity index (χ4n) is 4.05. The van der Waals surface area contributed by atoms with Crippen molar-refractivity contribution >= 4 is 29.7 Å². The van der Waals surface area contributed by atoms with Crippen molar-refractivity contribution in [2.75, 3.05) is 27.7 Å². The standard InChI is InChI=1S/C32H55N5O6/c1-30(2,3)24(17-19-26(38)42-31(4,5)6)36-29(41)35-23(28(40)43-32(7,8)9)15-13-14-20-33-27(39)22-16-18-25(34-21-22)37(10,11)12/h16,18,21,23-24H,13-15,17,19-20H2,1-12H3,(H2-,33,35,36,39,41)/p+1/t23-,24?/m0/s1. The van der Waals surface area contributed by atoms with Gasteiger partial charge in [0.1, 0.15) is 17.2 Å². The molecule has 11 heteroatoms. The van der Waals surface area contributed by atoms with Crippen LogP contribution < -0.4 is 20.4 Å². The normalized spacial score (nSPS) is 13.9. The molecule has 1 rings (SSSR count). The van der Waals surface area contributed by atoms with Gasteiger partial charge in [0.15, 0.2) is 0 Å². The van der Waals surface area contributed by atoms with Gasteiger partial charge in [0, 0.05) is 31.3 Å². The number of amides is 3. The summed E-state index contributed by atoms with van der Waals surface area (Å²) in [7, 11) is 6.00. The van der Waals surface area contributed by atoms with Crippen molar-refractivity contribution in [1.82, 2.24) is 25.4 Å². The van der Waals surface area contributed by atoms with Crippen molar-refractivity contribution in [3.63, 3.8) is 0 Å². The van der Waals surface area contributed by atoms with Crippen molar-refractivity contribution in [3.8, 4) is 0 Å². The van der Waals surface area contributed by atoms with E-state index in [0.29, 0.717) is 42.3 Å². The van der Waals surface area contributed by atoms with Crippen molar-refractivity contribution in [2.45, 2.75) is 118 Å². The molecule has 0 saturated carbocycles. The van der Waals surface area contributed by atoms with Gasteiger partial charge in [-0.1, -0.05) is 20.8 Å². The molecule has 244 valence electrons. The molecule has 43 heavy (non-hydrogen) atoms. The van der Waals surface area contributed by atoms with E-state index in [0.717, 1.165) is 5.82 Å². The molecule has 0 aliphatic carbocycles. The third-order valence-electron chi connectivity index (χ3n) is 6.31. The number of unbranched alkanes of at least 4 members (excludes halogenated alkanes) is 1. The van der Waals surface area contributed by atoms with E-state index in [2.05, 4.69) is 20.9 Å². The second kappa shape index (κ2) is 15.5. The molecule has 1 aromatic heterocycles. The highest BCUT2D eigenvalue weighted by molar-refractivity contribution is 5.94. The van der Waals surface area contributed by atoms with Crippen molar-refractivity contribution < 1.29 is 28.7 Å². The van der Waals surface area contributed by atoms with E-state index in [4.69, 9.17) is 9.47 Å². The summed E-state index contributed by atoms with van der Waals surface area (Å²) in [5.74, 6) is -0.240. The molecule has 1 aromatic rings. The number of hydrogen-bond donors (Lipinski definition) is 3. The molecule has 0 aliphatic rings. The Morgan fingerprint density at radius 1 is 0.837 bits per heavy atom. The average molecular weight is 607 g/mol. The van der Waals surface area contributed by atoms with Gasteiger partial charge in [-0.15, -0.1) is 0 Å². The van der Waals surface area contributed by atoms with Gasteiger partial charge in [-0.25, -0.2) is 14.6 Å². The largest absolute Gasteiger partial charge is 0.460 e. The third-order valence-corrected chi connectivity index (χ3v) is 6.31. The lowest BCUT2D eigenvalue weighted by molar-refractivity contribution is -0.157. The maximum atomic E-state index is 13.1. The van der Waals surface area contributed by atoms with Crippen LogP contribution in [0.1, 0.15) is 105 Å². The Kier molecular flexibility index (Phi) is 13.6. The smallest absolute Gasteiger partial charge is 0.329 e. The number of nitrogens with zero attached hydrogens (tertiary/aromatic N) is 2. The van der Waals surface area contributed by atoms with Gasteiger partial charge < -0.3 is 25.4 Å². The molecule has 0 radical (unpaired) electrons. The number of rotatable bonds is 13. The van der Waals surface area contributed by atoms with Gasteiger partial charge in [0.2, 0.25) is 5.82 Å². The molecule has 1 unspecified atom stereocenters. The summed E-state index contributed by atoms with van der Waals surface area (Å²) >= 11 is 0. The number of nitrogens with one attached hydrogen (secondary N) is 3.